The maximum absolute atomic E-state index is 12.7. The van der Waals surface area contributed by atoms with E-state index in [1.165, 1.54) is 6.07 Å². The fraction of sp³-hybridized carbons (Fsp3) is 0.364. The highest BCUT2D eigenvalue weighted by Gasteiger charge is 2.26. The van der Waals surface area contributed by atoms with E-state index in [-0.39, 0.29) is 28.9 Å². The number of aryl methyl sites for hydroxylation is 2. The van der Waals surface area contributed by atoms with Crippen LogP contribution in [0.5, 0.6) is 0 Å². The molecule has 0 atom stereocenters. The number of hydrogen-bond acceptors (Lipinski definition) is 4. The fourth-order valence-corrected chi connectivity index (χ4v) is 4.70. The van der Waals surface area contributed by atoms with Crippen LogP contribution in [0.1, 0.15) is 36.5 Å². The molecule has 2 amide bonds. The van der Waals surface area contributed by atoms with Gasteiger partial charge in [-0.3, -0.25) is 9.59 Å². The van der Waals surface area contributed by atoms with Crippen molar-refractivity contribution in [3.8, 4) is 0 Å². The molecule has 0 bridgehead atoms. The summed E-state index contributed by atoms with van der Waals surface area (Å²) in [6.07, 6.45) is 0.930. The Hall–Kier alpha value is -2.67. The lowest BCUT2D eigenvalue weighted by Gasteiger charge is -2.16. The van der Waals surface area contributed by atoms with Crippen molar-refractivity contribution in [3.05, 3.63) is 53.1 Å². The maximum Gasteiger partial charge on any atom is 0.226 e. The van der Waals surface area contributed by atoms with Crippen molar-refractivity contribution in [2.45, 2.75) is 44.9 Å². The number of sulfone groups is 1. The molecular weight excluding hydrogens is 388 g/mol. The highest BCUT2D eigenvalue weighted by molar-refractivity contribution is 7.91. The Balaban J connectivity index is 1.66. The lowest BCUT2D eigenvalue weighted by atomic mass is 10.1. The number of rotatable bonds is 6. The van der Waals surface area contributed by atoms with Crippen LogP contribution in [0.2, 0.25) is 0 Å². The Labute approximate surface area is 171 Å². The molecule has 0 aromatic heterocycles. The Morgan fingerprint density at radius 1 is 1.07 bits per heavy atom. The van der Waals surface area contributed by atoms with E-state index in [0.29, 0.717) is 25.1 Å². The number of carbonyl (C=O) groups is 2. The number of hydrogen-bond donors (Lipinski definition) is 1. The zero-order valence-corrected chi connectivity index (χ0v) is 17.8. The summed E-state index contributed by atoms with van der Waals surface area (Å²) in [6, 6.07) is 10.4. The largest absolute Gasteiger partial charge is 0.326 e. The molecule has 0 saturated heterocycles. The normalized spacial score (nSPS) is 13.3. The molecule has 7 heteroatoms. The first-order chi connectivity index (χ1) is 13.7. The van der Waals surface area contributed by atoms with Crippen molar-refractivity contribution in [1.29, 1.82) is 0 Å². The van der Waals surface area contributed by atoms with E-state index in [1.54, 1.807) is 23.1 Å². The summed E-state index contributed by atoms with van der Waals surface area (Å²) in [4.78, 5) is 26.1. The Morgan fingerprint density at radius 3 is 2.52 bits per heavy atom. The van der Waals surface area contributed by atoms with Crippen LogP contribution in [0.25, 0.3) is 0 Å². The van der Waals surface area contributed by atoms with E-state index >= 15 is 0 Å². The molecule has 0 saturated carbocycles. The van der Waals surface area contributed by atoms with Crippen LogP contribution in [0.3, 0.4) is 0 Å². The second-order valence-electron chi connectivity index (χ2n) is 7.36. The van der Waals surface area contributed by atoms with Gasteiger partial charge in [0, 0.05) is 30.8 Å². The third-order valence-corrected chi connectivity index (χ3v) is 7.01. The quantitative estimate of drug-likeness (QED) is 0.785. The molecule has 0 aliphatic carbocycles. The molecule has 1 aliphatic heterocycles. The Kier molecular flexibility index (Phi) is 6.07. The topological polar surface area (TPSA) is 83.6 Å². The average molecular weight is 415 g/mol. The summed E-state index contributed by atoms with van der Waals surface area (Å²) in [5.41, 5.74) is 4.48. The van der Waals surface area contributed by atoms with E-state index in [4.69, 9.17) is 0 Å². The van der Waals surface area contributed by atoms with Gasteiger partial charge < -0.3 is 10.2 Å². The van der Waals surface area contributed by atoms with Crippen LogP contribution < -0.4 is 10.2 Å². The SMILES string of the molecule is CCC(=O)N1CCc2cc(S(=O)(=O)CCC(=O)Nc3ccc(C)c(C)c3)ccc21. The van der Waals surface area contributed by atoms with Crippen molar-refractivity contribution in [1.82, 2.24) is 0 Å². The smallest absolute Gasteiger partial charge is 0.226 e. The van der Waals surface area contributed by atoms with Crippen molar-refractivity contribution < 1.29 is 18.0 Å². The Morgan fingerprint density at radius 2 is 1.83 bits per heavy atom. The van der Waals surface area contributed by atoms with Gasteiger partial charge in [-0.1, -0.05) is 13.0 Å². The van der Waals surface area contributed by atoms with Crippen LogP contribution in [0, 0.1) is 13.8 Å². The molecule has 2 aromatic carbocycles. The van der Waals surface area contributed by atoms with E-state index in [2.05, 4.69) is 5.32 Å². The zero-order chi connectivity index (χ0) is 21.2. The van der Waals surface area contributed by atoms with Crippen LogP contribution in [0.15, 0.2) is 41.3 Å². The van der Waals surface area contributed by atoms with Crippen molar-refractivity contribution in [3.63, 3.8) is 0 Å². The monoisotopic (exact) mass is 414 g/mol. The van der Waals surface area contributed by atoms with Crippen molar-refractivity contribution in [2.75, 3.05) is 22.5 Å². The molecule has 3 rings (SSSR count). The number of benzene rings is 2. The van der Waals surface area contributed by atoms with Gasteiger partial charge in [-0.25, -0.2) is 8.42 Å². The molecule has 2 aromatic rings. The summed E-state index contributed by atoms with van der Waals surface area (Å²) < 4.78 is 25.4. The molecular formula is C22H26N2O4S. The van der Waals surface area contributed by atoms with E-state index < -0.39 is 9.84 Å². The molecule has 29 heavy (non-hydrogen) atoms. The predicted octanol–water partition coefficient (Wildman–Crippen LogP) is 3.41. The summed E-state index contributed by atoms with van der Waals surface area (Å²) in [6.45, 7) is 6.33. The molecule has 0 unspecified atom stereocenters. The first kappa shape index (κ1) is 21.0. The lowest BCUT2D eigenvalue weighted by Crippen LogP contribution is -2.27. The third-order valence-electron chi connectivity index (χ3n) is 5.30. The molecule has 0 fully saturated rings. The van der Waals surface area contributed by atoms with Gasteiger partial charge in [0.15, 0.2) is 9.84 Å². The van der Waals surface area contributed by atoms with Gasteiger partial charge in [0.1, 0.15) is 0 Å². The minimum atomic E-state index is -3.59. The molecule has 1 heterocycles. The highest BCUT2D eigenvalue weighted by atomic mass is 32.2. The summed E-state index contributed by atoms with van der Waals surface area (Å²) in [7, 11) is -3.59. The number of anilines is 2. The predicted molar refractivity (Wildman–Crippen MR) is 114 cm³/mol. The first-order valence-electron chi connectivity index (χ1n) is 9.74. The minimum Gasteiger partial charge on any atom is -0.326 e. The van der Waals surface area contributed by atoms with Crippen LogP contribution in [-0.4, -0.2) is 32.5 Å². The summed E-state index contributed by atoms with van der Waals surface area (Å²) >= 11 is 0. The molecule has 0 spiro atoms. The third kappa shape index (κ3) is 4.67. The zero-order valence-electron chi connectivity index (χ0n) is 17.0. The average Bonchev–Trinajstić information content (AvgIpc) is 3.12. The summed E-state index contributed by atoms with van der Waals surface area (Å²) in [5.74, 6) is -0.569. The van der Waals surface area contributed by atoms with E-state index in [1.807, 2.05) is 32.9 Å². The molecule has 1 N–H and O–H groups in total. The maximum atomic E-state index is 12.7. The number of amides is 2. The number of nitrogens with one attached hydrogen (secondary N) is 1. The fourth-order valence-electron chi connectivity index (χ4n) is 3.41. The van der Waals surface area contributed by atoms with Crippen LogP contribution in [0.4, 0.5) is 11.4 Å². The second-order valence-corrected chi connectivity index (χ2v) is 9.46. The summed E-state index contributed by atoms with van der Waals surface area (Å²) in [5, 5.41) is 2.75. The molecule has 1 aliphatic rings. The van der Waals surface area contributed by atoms with Crippen LogP contribution >= 0.6 is 0 Å². The van der Waals surface area contributed by atoms with Gasteiger partial charge in [0.2, 0.25) is 11.8 Å². The highest BCUT2D eigenvalue weighted by Crippen LogP contribution is 2.31. The van der Waals surface area contributed by atoms with Crippen LogP contribution in [-0.2, 0) is 25.8 Å². The van der Waals surface area contributed by atoms with Gasteiger partial charge >= 0.3 is 0 Å². The van der Waals surface area contributed by atoms with Gasteiger partial charge in [-0.15, -0.1) is 0 Å². The second kappa shape index (κ2) is 8.37. The minimum absolute atomic E-state index is 0.0300. The molecule has 6 nitrogen and oxygen atoms in total. The van der Waals surface area contributed by atoms with Gasteiger partial charge in [0.25, 0.3) is 0 Å². The van der Waals surface area contributed by atoms with Crippen molar-refractivity contribution in [2.24, 2.45) is 0 Å². The lowest BCUT2D eigenvalue weighted by molar-refractivity contribution is -0.118. The molecule has 154 valence electrons. The number of carbonyl (C=O) groups excluding carboxylic acids is 2. The number of fused-ring (bicyclic) bond motifs is 1. The van der Waals surface area contributed by atoms with E-state index in [0.717, 1.165) is 22.4 Å². The van der Waals surface area contributed by atoms with Crippen molar-refractivity contribution >= 4 is 33.0 Å². The Bertz CT molecular complexity index is 1060. The van der Waals surface area contributed by atoms with Gasteiger partial charge in [-0.2, -0.15) is 0 Å². The first-order valence-corrected chi connectivity index (χ1v) is 11.4. The molecule has 0 radical (unpaired) electrons. The van der Waals surface area contributed by atoms with E-state index in [9.17, 15) is 18.0 Å². The number of nitrogens with zero attached hydrogens (tertiary/aromatic N) is 1. The standard InChI is InChI=1S/C22H26N2O4S/c1-4-22(26)24-11-9-17-14-19(7-8-20(17)24)29(27,28)12-10-21(25)23-18-6-5-15(2)16(3)13-18/h5-8,13-14H,4,9-12H2,1-3H3,(H,23,25). The van der Waals surface area contributed by atoms with Gasteiger partial charge in [-0.05, 0) is 67.3 Å². The van der Waals surface area contributed by atoms with Gasteiger partial charge in [0.05, 0.1) is 10.6 Å².